The molecule has 1 N–H and O–H groups in total. The lowest BCUT2D eigenvalue weighted by molar-refractivity contribution is -0.122. The Labute approximate surface area is 129 Å². The molecule has 1 aliphatic heterocycles. The summed E-state index contributed by atoms with van der Waals surface area (Å²) in [6, 6.07) is 8.53. The summed E-state index contributed by atoms with van der Waals surface area (Å²) >= 11 is 0. The van der Waals surface area contributed by atoms with E-state index in [1.807, 2.05) is 0 Å². The van der Waals surface area contributed by atoms with Crippen LogP contribution in [0.5, 0.6) is 0 Å². The molecule has 1 aromatic carbocycles. The maximum Gasteiger partial charge on any atom is 0.0955 e. The Morgan fingerprint density at radius 3 is 2.52 bits per heavy atom. The number of likely N-dealkylation sites (N-methyl/N-ethyl adjacent to an activating group) is 1. The number of hydrogen-bond donors (Lipinski definition) is 1. The first-order valence-electron chi connectivity index (χ1n) is 8.17. The molecule has 0 aromatic heterocycles. The highest BCUT2D eigenvalue weighted by molar-refractivity contribution is 5.28. The number of hydrogen-bond acceptors (Lipinski definition) is 3. The van der Waals surface area contributed by atoms with Crippen molar-refractivity contribution in [1.29, 1.82) is 0 Å². The maximum atomic E-state index is 6.46. The van der Waals surface area contributed by atoms with E-state index in [1.54, 1.807) is 0 Å². The highest BCUT2D eigenvalue weighted by Gasteiger charge is 2.28. The molecule has 1 heterocycles. The van der Waals surface area contributed by atoms with Crippen LogP contribution in [0.25, 0.3) is 0 Å². The predicted octanol–water partition coefficient (Wildman–Crippen LogP) is 3.62. The maximum absolute atomic E-state index is 6.46. The summed E-state index contributed by atoms with van der Waals surface area (Å²) in [6.45, 7) is 10.4. The fourth-order valence-electron chi connectivity index (χ4n) is 3.14. The van der Waals surface area contributed by atoms with Crippen LogP contribution in [0.15, 0.2) is 24.3 Å². The minimum Gasteiger partial charge on any atom is -0.375 e. The zero-order chi connectivity index (χ0) is 15.2. The fourth-order valence-corrected chi connectivity index (χ4v) is 3.14. The number of nitrogens with one attached hydrogen (secondary N) is 1. The van der Waals surface area contributed by atoms with Gasteiger partial charge in [-0.2, -0.15) is 0 Å². The minimum absolute atomic E-state index is 0.119. The standard InChI is InChI=1S/C18H29NO2/c1-5-19-12-18(17-9-7-6-8-13(17)2)21-16-10-14(3)20-15(4)11-16/h6-9,14-16,18-19H,5,10-12H2,1-4H3. The molecule has 1 aromatic rings. The van der Waals surface area contributed by atoms with Crippen LogP contribution in [0.4, 0.5) is 0 Å². The first kappa shape index (κ1) is 16.5. The fraction of sp³-hybridized carbons (Fsp3) is 0.667. The van der Waals surface area contributed by atoms with Crippen LogP contribution in [0.2, 0.25) is 0 Å². The van der Waals surface area contributed by atoms with Crippen LogP contribution in [0.3, 0.4) is 0 Å². The smallest absolute Gasteiger partial charge is 0.0955 e. The van der Waals surface area contributed by atoms with Crippen molar-refractivity contribution in [2.75, 3.05) is 13.1 Å². The first-order chi connectivity index (χ1) is 10.1. The third-order valence-corrected chi connectivity index (χ3v) is 4.13. The quantitative estimate of drug-likeness (QED) is 0.868. The second kappa shape index (κ2) is 7.92. The van der Waals surface area contributed by atoms with Crippen LogP contribution in [0, 0.1) is 6.92 Å². The van der Waals surface area contributed by atoms with Gasteiger partial charge in [0, 0.05) is 6.54 Å². The number of ether oxygens (including phenoxy) is 2. The van der Waals surface area contributed by atoms with Crippen molar-refractivity contribution in [2.24, 2.45) is 0 Å². The second-order valence-electron chi connectivity index (χ2n) is 6.14. The summed E-state index contributed by atoms with van der Waals surface area (Å²) in [5, 5.41) is 3.43. The van der Waals surface area contributed by atoms with Gasteiger partial charge >= 0.3 is 0 Å². The molecule has 1 saturated heterocycles. The summed E-state index contributed by atoms with van der Waals surface area (Å²) in [4.78, 5) is 0. The van der Waals surface area contributed by atoms with Crippen LogP contribution in [0.1, 0.15) is 50.8 Å². The Kier molecular flexibility index (Phi) is 6.22. The van der Waals surface area contributed by atoms with E-state index in [-0.39, 0.29) is 24.4 Å². The normalized spacial score (nSPS) is 27.5. The largest absolute Gasteiger partial charge is 0.375 e. The van der Waals surface area contributed by atoms with Crippen molar-refractivity contribution in [3.63, 3.8) is 0 Å². The van der Waals surface area contributed by atoms with Crippen LogP contribution >= 0.6 is 0 Å². The SMILES string of the molecule is CCNCC(OC1CC(C)OC(C)C1)c1ccccc1C. The minimum atomic E-state index is 0.119. The number of benzene rings is 1. The zero-order valence-electron chi connectivity index (χ0n) is 13.8. The Morgan fingerprint density at radius 2 is 1.90 bits per heavy atom. The molecule has 21 heavy (non-hydrogen) atoms. The highest BCUT2D eigenvalue weighted by atomic mass is 16.5. The molecule has 3 unspecified atom stereocenters. The molecule has 1 fully saturated rings. The van der Waals surface area contributed by atoms with Gasteiger partial charge in [-0.05, 0) is 51.3 Å². The van der Waals surface area contributed by atoms with Crippen molar-refractivity contribution in [3.05, 3.63) is 35.4 Å². The average Bonchev–Trinajstić information content (AvgIpc) is 2.43. The van der Waals surface area contributed by atoms with E-state index in [9.17, 15) is 0 Å². The van der Waals surface area contributed by atoms with Crippen LogP contribution < -0.4 is 5.32 Å². The Hall–Kier alpha value is -0.900. The van der Waals surface area contributed by atoms with Crippen molar-refractivity contribution >= 4 is 0 Å². The summed E-state index contributed by atoms with van der Waals surface area (Å²) in [7, 11) is 0. The summed E-state index contributed by atoms with van der Waals surface area (Å²) in [6.07, 6.45) is 2.95. The number of aryl methyl sites for hydroxylation is 1. The lowest BCUT2D eigenvalue weighted by Gasteiger charge is -2.35. The summed E-state index contributed by atoms with van der Waals surface area (Å²) < 4.78 is 12.3. The monoisotopic (exact) mass is 291 g/mol. The molecule has 2 rings (SSSR count). The van der Waals surface area contributed by atoms with E-state index in [1.165, 1.54) is 11.1 Å². The molecular formula is C18H29NO2. The van der Waals surface area contributed by atoms with Crippen molar-refractivity contribution in [2.45, 2.75) is 65.0 Å². The molecule has 0 radical (unpaired) electrons. The Bertz CT molecular complexity index is 425. The third kappa shape index (κ3) is 4.80. The zero-order valence-corrected chi connectivity index (χ0v) is 13.8. The molecule has 0 bridgehead atoms. The number of rotatable bonds is 6. The van der Waals surface area contributed by atoms with Gasteiger partial charge < -0.3 is 14.8 Å². The van der Waals surface area contributed by atoms with Gasteiger partial charge in [-0.15, -0.1) is 0 Å². The van der Waals surface area contributed by atoms with E-state index in [2.05, 4.69) is 57.3 Å². The molecule has 0 saturated carbocycles. The lowest BCUT2D eigenvalue weighted by Crippen LogP contribution is -2.36. The molecule has 1 aliphatic rings. The average molecular weight is 291 g/mol. The molecule has 118 valence electrons. The molecule has 0 amide bonds. The Balaban J connectivity index is 2.07. The first-order valence-corrected chi connectivity index (χ1v) is 8.17. The lowest BCUT2D eigenvalue weighted by atomic mass is 10.00. The van der Waals surface area contributed by atoms with Crippen molar-refractivity contribution < 1.29 is 9.47 Å². The second-order valence-corrected chi connectivity index (χ2v) is 6.14. The van der Waals surface area contributed by atoms with Gasteiger partial charge in [0.05, 0.1) is 24.4 Å². The molecular weight excluding hydrogens is 262 g/mol. The topological polar surface area (TPSA) is 30.5 Å². The van der Waals surface area contributed by atoms with Gasteiger partial charge in [-0.1, -0.05) is 31.2 Å². The predicted molar refractivity (Wildman–Crippen MR) is 86.6 cm³/mol. The van der Waals surface area contributed by atoms with Crippen molar-refractivity contribution in [3.8, 4) is 0 Å². The van der Waals surface area contributed by atoms with E-state index in [0.717, 1.165) is 25.9 Å². The molecule has 0 aliphatic carbocycles. The van der Waals surface area contributed by atoms with Gasteiger partial charge in [0.15, 0.2) is 0 Å². The van der Waals surface area contributed by atoms with Gasteiger partial charge in [-0.25, -0.2) is 0 Å². The van der Waals surface area contributed by atoms with E-state index in [4.69, 9.17) is 9.47 Å². The van der Waals surface area contributed by atoms with E-state index >= 15 is 0 Å². The molecule has 3 atom stereocenters. The summed E-state index contributed by atoms with van der Waals surface area (Å²) in [5.41, 5.74) is 2.60. The molecule has 3 heteroatoms. The van der Waals surface area contributed by atoms with Gasteiger partial charge in [-0.3, -0.25) is 0 Å². The van der Waals surface area contributed by atoms with E-state index in [0.29, 0.717) is 0 Å². The highest BCUT2D eigenvalue weighted by Crippen LogP contribution is 2.28. The Morgan fingerprint density at radius 1 is 1.24 bits per heavy atom. The molecule has 0 spiro atoms. The van der Waals surface area contributed by atoms with Crippen LogP contribution in [-0.4, -0.2) is 31.4 Å². The molecule has 3 nitrogen and oxygen atoms in total. The van der Waals surface area contributed by atoms with Crippen LogP contribution in [-0.2, 0) is 9.47 Å². The van der Waals surface area contributed by atoms with Crippen molar-refractivity contribution in [1.82, 2.24) is 5.32 Å². The van der Waals surface area contributed by atoms with E-state index < -0.39 is 0 Å². The summed E-state index contributed by atoms with van der Waals surface area (Å²) in [5.74, 6) is 0. The van der Waals surface area contributed by atoms with Gasteiger partial charge in [0.2, 0.25) is 0 Å². The van der Waals surface area contributed by atoms with Gasteiger partial charge in [0.25, 0.3) is 0 Å². The third-order valence-electron chi connectivity index (χ3n) is 4.13. The van der Waals surface area contributed by atoms with Gasteiger partial charge in [0.1, 0.15) is 0 Å².